The van der Waals surface area contributed by atoms with Gasteiger partial charge in [0.15, 0.2) is 5.82 Å². The van der Waals surface area contributed by atoms with Crippen LogP contribution in [0, 0.1) is 0 Å². The average molecular weight is 302 g/mol. The van der Waals surface area contributed by atoms with Gasteiger partial charge in [-0.15, -0.1) is 0 Å². The normalized spacial score (nSPS) is 10.4. The lowest BCUT2D eigenvalue weighted by Gasteiger charge is -1.99. The highest BCUT2D eigenvalue weighted by Crippen LogP contribution is 2.28. The molecule has 1 aromatic carbocycles. The smallest absolute Gasteiger partial charge is 0.235 e. The topological polar surface area (TPSA) is 57.8 Å². The summed E-state index contributed by atoms with van der Waals surface area (Å²) in [5, 5.41) is 10.3. The van der Waals surface area contributed by atoms with E-state index in [1.165, 1.54) is 0 Å². The molecular weight excluding hydrogens is 293 g/mol. The largest absolute Gasteiger partial charge is 0.308 e. The third-order valence-corrected chi connectivity index (χ3v) is 3.25. The molecule has 0 fully saturated rings. The van der Waals surface area contributed by atoms with Crippen LogP contribution in [0.5, 0.6) is 0 Å². The molecule has 18 heavy (non-hydrogen) atoms. The van der Waals surface area contributed by atoms with Crippen molar-refractivity contribution in [2.45, 2.75) is 0 Å². The van der Waals surface area contributed by atoms with Gasteiger partial charge in [-0.05, 0) is 12.1 Å². The summed E-state index contributed by atoms with van der Waals surface area (Å²) in [4.78, 5) is 11.1. The van der Waals surface area contributed by atoms with Crippen molar-refractivity contribution >= 4 is 47.6 Å². The van der Waals surface area contributed by atoms with Crippen LogP contribution < -0.4 is 5.32 Å². The Balaban J connectivity index is 2.23. The first kappa shape index (κ1) is 13.3. The van der Waals surface area contributed by atoms with Gasteiger partial charge < -0.3 is 5.32 Å². The number of nitrogens with zero attached hydrogens (tertiary/aromatic N) is 1. The van der Waals surface area contributed by atoms with Crippen molar-refractivity contribution in [2.24, 2.45) is 0 Å². The summed E-state index contributed by atoms with van der Waals surface area (Å²) >= 11 is 15.6. The molecule has 1 amide bonds. The molecule has 0 aliphatic heterocycles. The predicted octanol–water partition coefficient (Wildman–Crippen LogP) is 3.25. The zero-order valence-electron chi connectivity index (χ0n) is 9.08. The Labute approximate surface area is 119 Å². The molecule has 0 bridgehead atoms. The molecule has 0 atom stereocenters. The number of H-pyrrole nitrogens is 1. The van der Waals surface area contributed by atoms with Gasteiger partial charge in [0.2, 0.25) is 5.91 Å². The number of thiol groups is 1. The van der Waals surface area contributed by atoms with Gasteiger partial charge in [-0.2, -0.15) is 17.7 Å². The Bertz CT molecular complexity index is 585. The van der Waals surface area contributed by atoms with Crippen LogP contribution >= 0.6 is 35.8 Å². The summed E-state index contributed by atoms with van der Waals surface area (Å²) in [6, 6.07) is 6.94. The minimum Gasteiger partial charge on any atom is -0.308 e. The van der Waals surface area contributed by atoms with E-state index in [0.29, 0.717) is 15.9 Å². The molecule has 2 N–H and O–H groups in total. The van der Waals surface area contributed by atoms with Crippen LogP contribution in [0.15, 0.2) is 24.3 Å². The van der Waals surface area contributed by atoms with E-state index in [9.17, 15) is 4.79 Å². The molecule has 7 heteroatoms. The molecular formula is C11H9Cl2N3OS. The first-order valence-corrected chi connectivity index (χ1v) is 6.40. The van der Waals surface area contributed by atoms with Crippen molar-refractivity contribution in [3.05, 3.63) is 34.3 Å². The van der Waals surface area contributed by atoms with Gasteiger partial charge in [0.1, 0.15) is 0 Å². The summed E-state index contributed by atoms with van der Waals surface area (Å²) in [6.07, 6.45) is 0. The van der Waals surface area contributed by atoms with Crippen LogP contribution in [0.3, 0.4) is 0 Å². The number of carbonyl (C=O) groups excluding carboxylic acids is 1. The second-order valence-electron chi connectivity index (χ2n) is 3.50. The predicted molar refractivity (Wildman–Crippen MR) is 76.5 cm³/mol. The first-order valence-electron chi connectivity index (χ1n) is 5.01. The standard InChI is InChI=1S/C11H9Cl2N3OS/c12-7-2-1-6(3-8(7)13)9-4-10(16-15-9)14-11(17)5-18/h1-4,18H,5H2,(H2,14,15,16,17). The molecule has 2 rings (SSSR count). The highest BCUT2D eigenvalue weighted by molar-refractivity contribution is 7.81. The molecule has 0 unspecified atom stereocenters. The van der Waals surface area contributed by atoms with Crippen molar-refractivity contribution in [1.29, 1.82) is 0 Å². The van der Waals surface area contributed by atoms with Crippen molar-refractivity contribution in [3.8, 4) is 11.3 Å². The molecule has 94 valence electrons. The molecule has 0 spiro atoms. The van der Waals surface area contributed by atoms with Gasteiger partial charge in [-0.25, -0.2) is 0 Å². The maximum absolute atomic E-state index is 11.1. The van der Waals surface area contributed by atoms with Crippen LogP contribution in [0.4, 0.5) is 5.82 Å². The van der Waals surface area contributed by atoms with Gasteiger partial charge in [0.05, 0.1) is 21.5 Å². The molecule has 1 aromatic heterocycles. The molecule has 4 nitrogen and oxygen atoms in total. The monoisotopic (exact) mass is 301 g/mol. The fourth-order valence-electron chi connectivity index (χ4n) is 1.38. The zero-order chi connectivity index (χ0) is 13.1. The Kier molecular flexibility index (Phi) is 4.16. The number of benzene rings is 1. The van der Waals surface area contributed by atoms with Gasteiger partial charge >= 0.3 is 0 Å². The van der Waals surface area contributed by atoms with Gasteiger partial charge in [0, 0.05) is 11.6 Å². The van der Waals surface area contributed by atoms with E-state index in [-0.39, 0.29) is 11.7 Å². The Morgan fingerprint density at radius 2 is 2.11 bits per heavy atom. The van der Waals surface area contributed by atoms with E-state index in [1.54, 1.807) is 18.2 Å². The van der Waals surface area contributed by atoms with Crippen molar-refractivity contribution in [2.75, 3.05) is 11.1 Å². The van der Waals surface area contributed by atoms with Crippen molar-refractivity contribution < 1.29 is 4.79 Å². The summed E-state index contributed by atoms with van der Waals surface area (Å²) in [7, 11) is 0. The molecule has 0 radical (unpaired) electrons. The van der Waals surface area contributed by atoms with E-state index >= 15 is 0 Å². The summed E-state index contributed by atoms with van der Waals surface area (Å²) in [5.41, 5.74) is 1.58. The Morgan fingerprint density at radius 3 is 2.78 bits per heavy atom. The van der Waals surface area contributed by atoms with Crippen LogP contribution in [0.25, 0.3) is 11.3 Å². The maximum Gasteiger partial charge on any atom is 0.235 e. The van der Waals surface area contributed by atoms with Gasteiger partial charge in [-0.1, -0.05) is 29.3 Å². The molecule has 1 heterocycles. The van der Waals surface area contributed by atoms with Crippen LogP contribution in [0.1, 0.15) is 0 Å². The lowest BCUT2D eigenvalue weighted by Crippen LogP contribution is -2.12. The van der Waals surface area contributed by atoms with E-state index in [4.69, 9.17) is 23.2 Å². The summed E-state index contributed by atoms with van der Waals surface area (Å²) < 4.78 is 0. The number of amides is 1. The van der Waals surface area contributed by atoms with Crippen molar-refractivity contribution in [1.82, 2.24) is 10.2 Å². The number of nitrogens with one attached hydrogen (secondary N) is 2. The number of rotatable bonds is 3. The van der Waals surface area contributed by atoms with E-state index in [1.807, 2.05) is 6.07 Å². The van der Waals surface area contributed by atoms with Crippen LogP contribution in [-0.4, -0.2) is 21.9 Å². The molecule has 0 aliphatic rings. The summed E-state index contributed by atoms with van der Waals surface area (Å²) in [6.45, 7) is 0. The third-order valence-electron chi connectivity index (χ3n) is 2.22. The van der Waals surface area contributed by atoms with Gasteiger partial charge in [0.25, 0.3) is 0 Å². The second kappa shape index (κ2) is 5.65. The van der Waals surface area contributed by atoms with Crippen LogP contribution in [-0.2, 0) is 4.79 Å². The van der Waals surface area contributed by atoms with Crippen LogP contribution in [0.2, 0.25) is 10.0 Å². The molecule has 0 saturated carbocycles. The van der Waals surface area contributed by atoms with E-state index < -0.39 is 0 Å². The highest BCUT2D eigenvalue weighted by Gasteiger charge is 2.07. The first-order chi connectivity index (χ1) is 8.60. The fourth-order valence-corrected chi connectivity index (χ4v) is 1.76. The highest BCUT2D eigenvalue weighted by atomic mass is 35.5. The number of hydrogen-bond donors (Lipinski definition) is 3. The Hall–Kier alpha value is -1.17. The Morgan fingerprint density at radius 1 is 1.33 bits per heavy atom. The zero-order valence-corrected chi connectivity index (χ0v) is 11.5. The number of hydrogen-bond acceptors (Lipinski definition) is 3. The minimum absolute atomic E-state index is 0.106. The van der Waals surface area contributed by atoms with Crippen molar-refractivity contribution in [3.63, 3.8) is 0 Å². The number of aromatic nitrogens is 2. The lowest BCUT2D eigenvalue weighted by molar-refractivity contribution is -0.113. The lowest BCUT2D eigenvalue weighted by atomic mass is 10.1. The van der Waals surface area contributed by atoms with E-state index in [0.717, 1.165) is 11.3 Å². The van der Waals surface area contributed by atoms with Gasteiger partial charge in [-0.3, -0.25) is 9.89 Å². The number of halogens is 2. The number of anilines is 1. The second-order valence-corrected chi connectivity index (χ2v) is 4.63. The fraction of sp³-hybridized carbons (Fsp3) is 0.0909. The molecule has 0 aliphatic carbocycles. The van der Waals surface area contributed by atoms with E-state index in [2.05, 4.69) is 28.1 Å². The molecule has 0 saturated heterocycles. The third kappa shape index (κ3) is 2.98. The molecule has 2 aromatic rings. The quantitative estimate of drug-likeness (QED) is 0.762. The number of aromatic amines is 1. The summed E-state index contributed by atoms with van der Waals surface area (Å²) in [5.74, 6) is 0.329. The average Bonchev–Trinajstić information content (AvgIpc) is 2.81. The SMILES string of the molecule is O=C(CS)Nc1cc(-c2ccc(Cl)c(Cl)c2)[nH]n1. The minimum atomic E-state index is -0.217. The number of carbonyl (C=O) groups is 1. The maximum atomic E-state index is 11.1.